The third kappa shape index (κ3) is 3.50. The van der Waals surface area contributed by atoms with Gasteiger partial charge in [0.05, 0.1) is 6.61 Å². The van der Waals surface area contributed by atoms with Crippen LogP contribution in [-0.4, -0.2) is 12.7 Å². The van der Waals surface area contributed by atoms with Crippen molar-refractivity contribution in [1.82, 2.24) is 0 Å². The molecule has 1 aromatic rings. The SMILES string of the molecule is CCCOC(=O)Nc1cc(N)ccc1C. The first-order valence-electron chi connectivity index (χ1n) is 4.93. The lowest BCUT2D eigenvalue weighted by molar-refractivity contribution is 0.161. The fourth-order valence-electron chi connectivity index (χ4n) is 1.12. The normalized spacial score (nSPS) is 9.73. The summed E-state index contributed by atoms with van der Waals surface area (Å²) >= 11 is 0. The Morgan fingerprint density at radius 2 is 2.27 bits per heavy atom. The molecule has 0 aliphatic heterocycles. The third-order valence-corrected chi connectivity index (χ3v) is 1.94. The highest BCUT2D eigenvalue weighted by Crippen LogP contribution is 2.18. The average Bonchev–Trinajstić information content (AvgIpc) is 2.20. The molecule has 3 N–H and O–H groups in total. The van der Waals surface area contributed by atoms with Crippen molar-refractivity contribution in [3.63, 3.8) is 0 Å². The van der Waals surface area contributed by atoms with Crippen molar-refractivity contribution >= 4 is 17.5 Å². The lowest BCUT2D eigenvalue weighted by Crippen LogP contribution is -2.14. The van der Waals surface area contributed by atoms with Gasteiger partial charge in [0.2, 0.25) is 0 Å². The molecule has 4 heteroatoms. The molecule has 0 spiro atoms. The number of aryl methyl sites for hydroxylation is 1. The zero-order valence-electron chi connectivity index (χ0n) is 9.04. The van der Waals surface area contributed by atoms with Crippen LogP contribution in [0, 0.1) is 6.92 Å². The van der Waals surface area contributed by atoms with E-state index in [1.54, 1.807) is 12.1 Å². The Bertz CT molecular complexity index is 350. The summed E-state index contributed by atoms with van der Waals surface area (Å²) in [6.07, 6.45) is 0.370. The van der Waals surface area contributed by atoms with E-state index in [1.165, 1.54) is 0 Å². The number of ether oxygens (including phenoxy) is 1. The minimum absolute atomic E-state index is 0.424. The van der Waals surface area contributed by atoms with Crippen LogP contribution in [0.1, 0.15) is 18.9 Å². The van der Waals surface area contributed by atoms with Gasteiger partial charge in [0.1, 0.15) is 0 Å². The first-order valence-corrected chi connectivity index (χ1v) is 4.93. The molecule has 1 amide bonds. The van der Waals surface area contributed by atoms with Gasteiger partial charge in [0.15, 0.2) is 0 Å². The second kappa shape index (κ2) is 5.24. The average molecular weight is 208 g/mol. The van der Waals surface area contributed by atoms with E-state index in [2.05, 4.69) is 5.32 Å². The number of nitrogens with one attached hydrogen (secondary N) is 1. The van der Waals surface area contributed by atoms with E-state index in [-0.39, 0.29) is 0 Å². The van der Waals surface area contributed by atoms with Gasteiger partial charge >= 0.3 is 6.09 Å². The number of amides is 1. The zero-order chi connectivity index (χ0) is 11.3. The highest BCUT2D eigenvalue weighted by molar-refractivity contribution is 5.86. The highest BCUT2D eigenvalue weighted by Gasteiger charge is 2.04. The Labute approximate surface area is 89.4 Å². The van der Waals surface area contributed by atoms with E-state index in [4.69, 9.17) is 10.5 Å². The second-order valence-corrected chi connectivity index (χ2v) is 3.34. The summed E-state index contributed by atoms with van der Waals surface area (Å²) in [5.41, 5.74) is 7.88. The Kier molecular flexibility index (Phi) is 3.97. The van der Waals surface area contributed by atoms with Crippen molar-refractivity contribution in [1.29, 1.82) is 0 Å². The van der Waals surface area contributed by atoms with E-state index < -0.39 is 6.09 Å². The van der Waals surface area contributed by atoms with E-state index in [0.717, 1.165) is 12.0 Å². The molecule has 0 saturated carbocycles. The second-order valence-electron chi connectivity index (χ2n) is 3.34. The first-order chi connectivity index (χ1) is 7.13. The summed E-state index contributed by atoms with van der Waals surface area (Å²) in [6.45, 7) is 4.26. The molecule has 82 valence electrons. The highest BCUT2D eigenvalue weighted by atomic mass is 16.5. The molecule has 0 aliphatic carbocycles. The molecule has 0 aliphatic rings. The summed E-state index contributed by atoms with van der Waals surface area (Å²) in [5, 5.41) is 2.64. The molecular formula is C11H16N2O2. The van der Waals surface area contributed by atoms with Crippen molar-refractivity contribution in [2.45, 2.75) is 20.3 Å². The van der Waals surface area contributed by atoms with Gasteiger partial charge in [-0.25, -0.2) is 4.79 Å². The molecule has 0 unspecified atom stereocenters. The van der Waals surface area contributed by atoms with Crippen molar-refractivity contribution in [2.24, 2.45) is 0 Å². The van der Waals surface area contributed by atoms with Crippen LogP contribution in [0.5, 0.6) is 0 Å². The molecule has 1 rings (SSSR count). The predicted octanol–water partition coefficient (Wildman–Crippen LogP) is 2.54. The van der Waals surface area contributed by atoms with Gasteiger partial charge in [0, 0.05) is 11.4 Å². The van der Waals surface area contributed by atoms with Crippen LogP contribution in [0.15, 0.2) is 18.2 Å². The topological polar surface area (TPSA) is 64.3 Å². The van der Waals surface area contributed by atoms with Crippen LogP contribution in [0.3, 0.4) is 0 Å². The van der Waals surface area contributed by atoms with Gasteiger partial charge in [-0.3, -0.25) is 5.32 Å². The molecule has 0 atom stereocenters. The number of hydrogen-bond acceptors (Lipinski definition) is 3. The third-order valence-electron chi connectivity index (χ3n) is 1.94. The molecule has 1 aromatic carbocycles. The quantitative estimate of drug-likeness (QED) is 0.750. The molecule has 0 heterocycles. The standard InChI is InChI=1S/C11H16N2O2/c1-3-6-15-11(14)13-10-7-9(12)5-4-8(10)2/h4-5,7H,3,6,12H2,1-2H3,(H,13,14). The Hall–Kier alpha value is -1.71. The first kappa shape index (κ1) is 11.4. The molecule has 0 fully saturated rings. The largest absolute Gasteiger partial charge is 0.449 e. The van der Waals surface area contributed by atoms with Gasteiger partial charge in [-0.05, 0) is 31.0 Å². The maximum atomic E-state index is 11.3. The van der Waals surface area contributed by atoms with Gasteiger partial charge in [0.25, 0.3) is 0 Å². The van der Waals surface area contributed by atoms with Gasteiger partial charge in [-0.15, -0.1) is 0 Å². The Morgan fingerprint density at radius 3 is 2.93 bits per heavy atom. The summed E-state index contributed by atoms with van der Waals surface area (Å²) in [5.74, 6) is 0. The number of rotatable bonds is 3. The van der Waals surface area contributed by atoms with E-state index >= 15 is 0 Å². The minimum atomic E-state index is -0.439. The summed E-state index contributed by atoms with van der Waals surface area (Å²) in [4.78, 5) is 11.3. The van der Waals surface area contributed by atoms with Crippen molar-refractivity contribution < 1.29 is 9.53 Å². The van der Waals surface area contributed by atoms with Crippen LogP contribution in [0.2, 0.25) is 0 Å². The Morgan fingerprint density at radius 1 is 1.53 bits per heavy atom. The molecule has 0 saturated heterocycles. The lowest BCUT2D eigenvalue weighted by Gasteiger charge is -2.09. The van der Waals surface area contributed by atoms with E-state index in [0.29, 0.717) is 18.0 Å². The molecule has 4 nitrogen and oxygen atoms in total. The number of nitrogens with two attached hydrogens (primary N) is 1. The number of carbonyl (C=O) groups is 1. The monoisotopic (exact) mass is 208 g/mol. The molecule has 0 bridgehead atoms. The Balaban J connectivity index is 2.63. The van der Waals surface area contributed by atoms with E-state index in [9.17, 15) is 4.79 Å². The summed E-state index contributed by atoms with van der Waals surface area (Å²) in [7, 11) is 0. The number of hydrogen-bond donors (Lipinski definition) is 2. The number of nitrogen functional groups attached to an aromatic ring is 1. The summed E-state index contributed by atoms with van der Waals surface area (Å²) in [6, 6.07) is 5.35. The molecule has 15 heavy (non-hydrogen) atoms. The smallest absolute Gasteiger partial charge is 0.411 e. The van der Waals surface area contributed by atoms with Crippen LogP contribution in [-0.2, 0) is 4.74 Å². The van der Waals surface area contributed by atoms with Gasteiger partial charge in [-0.1, -0.05) is 13.0 Å². The van der Waals surface area contributed by atoms with Crippen molar-refractivity contribution in [3.05, 3.63) is 23.8 Å². The lowest BCUT2D eigenvalue weighted by atomic mass is 10.2. The maximum Gasteiger partial charge on any atom is 0.411 e. The minimum Gasteiger partial charge on any atom is -0.449 e. The molecule has 0 aromatic heterocycles. The molecular weight excluding hydrogens is 192 g/mol. The van der Waals surface area contributed by atoms with Crippen LogP contribution in [0.4, 0.5) is 16.2 Å². The van der Waals surface area contributed by atoms with E-state index in [1.807, 2.05) is 19.9 Å². The van der Waals surface area contributed by atoms with Gasteiger partial charge < -0.3 is 10.5 Å². The van der Waals surface area contributed by atoms with Crippen LogP contribution < -0.4 is 11.1 Å². The fraction of sp³-hybridized carbons (Fsp3) is 0.364. The van der Waals surface area contributed by atoms with Crippen molar-refractivity contribution in [2.75, 3.05) is 17.7 Å². The number of anilines is 2. The number of benzene rings is 1. The zero-order valence-corrected chi connectivity index (χ0v) is 9.04. The van der Waals surface area contributed by atoms with Gasteiger partial charge in [-0.2, -0.15) is 0 Å². The number of carbonyl (C=O) groups excluding carboxylic acids is 1. The fourth-order valence-corrected chi connectivity index (χ4v) is 1.12. The van der Waals surface area contributed by atoms with Crippen LogP contribution in [0.25, 0.3) is 0 Å². The summed E-state index contributed by atoms with van der Waals surface area (Å²) < 4.78 is 4.90. The predicted molar refractivity (Wildman–Crippen MR) is 60.9 cm³/mol. The molecule has 0 radical (unpaired) electrons. The maximum absolute atomic E-state index is 11.3. The van der Waals surface area contributed by atoms with Crippen LogP contribution >= 0.6 is 0 Å². The van der Waals surface area contributed by atoms with Crippen molar-refractivity contribution in [3.8, 4) is 0 Å².